The van der Waals surface area contributed by atoms with E-state index in [1.807, 2.05) is 56.3 Å². The molecule has 0 heterocycles. The van der Waals surface area contributed by atoms with Gasteiger partial charge < -0.3 is 15.2 Å². The van der Waals surface area contributed by atoms with E-state index in [4.69, 9.17) is 15.2 Å². The van der Waals surface area contributed by atoms with Crippen LogP contribution in [0.1, 0.15) is 31.1 Å². The van der Waals surface area contributed by atoms with Gasteiger partial charge >= 0.3 is 0 Å². The Morgan fingerprint density at radius 1 is 0.952 bits per heavy atom. The Labute approximate surface area is 126 Å². The van der Waals surface area contributed by atoms with E-state index in [0.717, 1.165) is 16.9 Å². The third-order valence-electron chi connectivity index (χ3n) is 3.15. The maximum absolute atomic E-state index is 5.79. The molecule has 0 aliphatic rings. The molecule has 0 fully saturated rings. The summed E-state index contributed by atoms with van der Waals surface area (Å²) in [4.78, 5) is 0. The Kier molecular flexibility index (Phi) is 5.78. The molecule has 0 saturated heterocycles. The highest BCUT2D eigenvalue weighted by atomic mass is 16.5. The highest BCUT2D eigenvalue weighted by molar-refractivity contribution is 5.29. The van der Waals surface area contributed by atoms with E-state index in [0.29, 0.717) is 13.2 Å². The van der Waals surface area contributed by atoms with Crippen LogP contribution in [0.15, 0.2) is 54.6 Å². The van der Waals surface area contributed by atoms with Gasteiger partial charge in [0.25, 0.3) is 0 Å². The molecular weight excluding hydrogens is 262 g/mol. The molecule has 21 heavy (non-hydrogen) atoms. The molecule has 3 heteroatoms. The molecule has 3 nitrogen and oxygen atoms in total. The van der Waals surface area contributed by atoms with Gasteiger partial charge in [-0.3, -0.25) is 0 Å². The van der Waals surface area contributed by atoms with Gasteiger partial charge in [0.1, 0.15) is 12.4 Å². The van der Waals surface area contributed by atoms with Crippen molar-refractivity contribution >= 4 is 0 Å². The van der Waals surface area contributed by atoms with Crippen molar-refractivity contribution in [2.75, 3.05) is 6.54 Å². The van der Waals surface area contributed by atoms with Gasteiger partial charge in [0.05, 0.1) is 12.2 Å². The summed E-state index contributed by atoms with van der Waals surface area (Å²) >= 11 is 0. The SMILES string of the molecule is CC(C)OC(CN)c1ccc(OCc2ccccc2)cc1. The molecule has 0 aliphatic heterocycles. The van der Waals surface area contributed by atoms with E-state index in [2.05, 4.69) is 12.1 Å². The van der Waals surface area contributed by atoms with E-state index in [9.17, 15) is 0 Å². The fourth-order valence-corrected chi connectivity index (χ4v) is 2.12. The molecule has 2 N–H and O–H groups in total. The largest absolute Gasteiger partial charge is 0.489 e. The van der Waals surface area contributed by atoms with Gasteiger partial charge in [-0.25, -0.2) is 0 Å². The summed E-state index contributed by atoms with van der Waals surface area (Å²) in [6.45, 7) is 5.07. The number of hydrogen-bond donors (Lipinski definition) is 1. The molecule has 0 spiro atoms. The summed E-state index contributed by atoms with van der Waals surface area (Å²) in [6.07, 6.45) is 0.0979. The van der Waals surface area contributed by atoms with Crippen molar-refractivity contribution in [3.05, 3.63) is 65.7 Å². The molecule has 0 radical (unpaired) electrons. The molecule has 0 aromatic heterocycles. The molecule has 0 saturated carbocycles. The first-order valence-electron chi connectivity index (χ1n) is 7.31. The summed E-state index contributed by atoms with van der Waals surface area (Å²) in [5, 5.41) is 0. The Hall–Kier alpha value is -1.84. The average molecular weight is 285 g/mol. The first-order chi connectivity index (χ1) is 10.2. The number of rotatable bonds is 7. The molecule has 1 unspecified atom stereocenters. The maximum atomic E-state index is 5.79. The topological polar surface area (TPSA) is 44.5 Å². The van der Waals surface area contributed by atoms with Crippen LogP contribution < -0.4 is 10.5 Å². The monoisotopic (exact) mass is 285 g/mol. The van der Waals surface area contributed by atoms with Gasteiger partial charge in [0.2, 0.25) is 0 Å². The minimum Gasteiger partial charge on any atom is -0.489 e. The number of ether oxygens (including phenoxy) is 2. The predicted octanol–water partition coefficient (Wildman–Crippen LogP) is 3.69. The van der Waals surface area contributed by atoms with Crippen molar-refractivity contribution in [2.24, 2.45) is 5.73 Å². The number of hydrogen-bond acceptors (Lipinski definition) is 3. The van der Waals surface area contributed by atoms with Crippen molar-refractivity contribution in [3.63, 3.8) is 0 Å². The van der Waals surface area contributed by atoms with Crippen LogP contribution in [0.5, 0.6) is 5.75 Å². The van der Waals surface area contributed by atoms with Crippen molar-refractivity contribution in [2.45, 2.75) is 32.7 Å². The molecule has 0 amide bonds. The summed E-state index contributed by atoms with van der Waals surface area (Å²) in [7, 11) is 0. The number of nitrogens with two attached hydrogens (primary N) is 1. The molecule has 1 atom stereocenters. The second-order valence-corrected chi connectivity index (χ2v) is 5.25. The van der Waals surface area contributed by atoms with Crippen molar-refractivity contribution in [3.8, 4) is 5.75 Å². The molecule has 2 aromatic carbocycles. The lowest BCUT2D eigenvalue weighted by Gasteiger charge is -2.19. The van der Waals surface area contributed by atoms with E-state index < -0.39 is 0 Å². The minimum atomic E-state index is -0.0619. The Morgan fingerprint density at radius 3 is 2.19 bits per heavy atom. The summed E-state index contributed by atoms with van der Waals surface area (Å²) in [5.41, 5.74) is 8.01. The molecule has 0 bridgehead atoms. The van der Waals surface area contributed by atoms with Gasteiger partial charge in [-0.2, -0.15) is 0 Å². The lowest BCUT2D eigenvalue weighted by Crippen LogP contribution is -2.19. The van der Waals surface area contributed by atoms with Gasteiger partial charge in [0, 0.05) is 6.54 Å². The van der Waals surface area contributed by atoms with Crippen LogP contribution in [0.3, 0.4) is 0 Å². The zero-order valence-electron chi connectivity index (χ0n) is 12.7. The molecule has 2 rings (SSSR count). The predicted molar refractivity (Wildman–Crippen MR) is 85.2 cm³/mol. The fraction of sp³-hybridized carbons (Fsp3) is 0.333. The zero-order chi connectivity index (χ0) is 15.1. The summed E-state index contributed by atoms with van der Waals surface area (Å²) in [6, 6.07) is 18.1. The van der Waals surface area contributed by atoms with E-state index >= 15 is 0 Å². The highest BCUT2D eigenvalue weighted by Gasteiger charge is 2.11. The summed E-state index contributed by atoms with van der Waals surface area (Å²) < 4.78 is 11.6. The van der Waals surface area contributed by atoms with Crippen LogP contribution in [0.2, 0.25) is 0 Å². The average Bonchev–Trinajstić information content (AvgIpc) is 2.52. The van der Waals surface area contributed by atoms with Gasteiger partial charge in [0.15, 0.2) is 0 Å². The minimum absolute atomic E-state index is 0.0619. The summed E-state index contributed by atoms with van der Waals surface area (Å²) in [5.74, 6) is 0.850. The van der Waals surface area contributed by atoms with Gasteiger partial charge in [-0.1, -0.05) is 42.5 Å². The van der Waals surface area contributed by atoms with Crippen LogP contribution in [0, 0.1) is 0 Å². The Balaban J connectivity index is 1.95. The molecule has 112 valence electrons. The van der Waals surface area contributed by atoms with Gasteiger partial charge in [-0.15, -0.1) is 0 Å². The lowest BCUT2D eigenvalue weighted by atomic mass is 10.1. The van der Waals surface area contributed by atoms with Crippen LogP contribution >= 0.6 is 0 Å². The second kappa shape index (κ2) is 7.81. The molecule has 0 aliphatic carbocycles. The van der Waals surface area contributed by atoms with Crippen LogP contribution in [-0.4, -0.2) is 12.6 Å². The first-order valence-corrected chi connectivity index (χ1v) is 7.31. The van der Waals surface area contributed by atoms with Crippen LogP contribution in [-0.2, 0) is 11.3 Å². The maximum Gasteiger partial charge on any atom is 0.119 e. The van der Waals surface area contributed by atoms with Gasteiger partial charge in [-0.05, 0) is 37.1 Å². The van der Waals surface area contributed by atoms with Crippen molar-refractivity contribution < 1.29 is 9.47 Å². The van der Waals surface area contributed by atoms with Crippen molar-refractivity contribution in [1.29, 1.82) is 0 Å². The van der Waals surface area contributed by atoms with E-state index in [-0.39, 0.29) is 12.2 Å². The quantitative estimate of drug-likeness (QED) is 0.843. The normalized spacial score (nSPS) is 12.4. The Bertz CT molecular complexity index is 523. The van der Waals surface area contributed by atoms with E-state index in [1.165, 1.54) is 0 Å². The molecular formula is C18H23NO2. The smallest absolute Gasteiger partial charge is 0.119 e. The van der Waals surface area contributed by atoms with Crippen LogP contribution in [0.4, 0.5) is 0 Å². The van der Waals surface area contributed by atoms with E-state index in [1.54, 1.807) is 0 Å². The highest BCUT2D eigenvalue weighted by Crippen LogP contribution is 2.21. The second-order valence-electron chi connectivity index (χ2n) is 5.25. The molecule has 2 aromatic rings. The zero-order valence-corrected chi connectivity index (χ0v) is 12.7. The number of benzene rings is 2. The Morgan fingerprint density at radius 2 is 1.62 bits per heavy atom. The lowest BCUT2D eigenvalue weighted by molar-refractivity contribution is 0.0119. The van der Waals surface area contributed by atoms with Crippen LogP contribution in [0.25, 0.3) is 0 Å². The van der Waals surface area contributed by atoms with Crippen molar-refractivity contribution in [1.82, 2.24) is 0 Å². The third kappa shape index (κ3) is 4.88. The fourth-order valence-electron chi connectivity index (χ4n) is 2.12. The standard InChI is InChI=1S/C18H23NO2/c1-14(2)21-18(12-19)16-8-10-17(11-9-16)20-13-15-6-4-3-5-7-15/h3-11,14,18H,12-13,19H2,1-2H3. The third-order valence-corrected chi connectivity index (χ3v) is 3.15. The first kappa shape index (κ1) is 15.5.